The Morgan fingerprint density at radius 2 is 2.00 bits per heavy atom. The highest BCUT2D eigenvalue weighted by molar-refractivity contribution is 4.99. The number of hydrogen-bond donors (Lipinski definition) is 2. The van der Waals surface area contributed by atoms with Crippen LogP contribution in [0, 0.1) is 17.8 Å². The van der Waals surface area contributed by atoms with Gasteiger partial charge in [-0.15, -0.1) is 0 Å². The molecule has 0 aromatic rings. The van der Waals surface area contributed by atoms with Crippen molar-refractivity contribution in [2.24, 2.45) is 29.2 Å². The molecule has 0 amide bonds. The van der Waals surface area contributed by atoms with Gasteiger partial charge in [-0.05, 0) is 43.4 Å². The summed E-state index contributed by atoms with van der Waals surface area (Å²) in [4.78, 5) is 0. The molecule has 2 rings (SSSR count). The smallest absolute Gasteiger partial charge is 0.0668 e. The Morgan fingerprint density at radius 3 is 2.50 bits per heavy atom. The fourth-order valence-corrected chi connectivity index (χ4v) is 3.57. The molecule has 14 heavy (non-hydrogen) atoms. The molecule has 0 aromatic carbocycles. The Labute approximate surface area is 87.4 Å². The van der Waals surface area contributed by atoms with Gasteiger partial charge in [0.1, 0.15) is 0 Å². The maximum atomic E-state index is 6.27. The van der Waals surface area contributed by atoms with Crippen LogP contribution in [-0.2, 0) is 0 Å². The van der Waals surface area contributed by atoms with Crippen LogP contribution >= 0.6 is 0 Å². The molecule has 3 atom stereocenters. The van der Waals surface area contributed by atoms with Gasteiger partial charge in [-0.2, -0.15) is 0 Å². The third-order valence-corrected chi connectivity index (χ3v) is 4.39. The van der Waals surface area contributed by atoms with E-state index in [0.29, 0.717) is 5.92 Å². The number of rotatable bonds is 4. The Hall–Kier alpha value is -0.0800. The van der Waals surface area contributed by atoms with Crippen LogP contribution in [0.2, 0.25) is 0 Å². The summed E-state index contributed by atoms with van der Waals surface area (Å²) in [5.41, 5.74) is 12.2. The first kappa shape index (κ1) is 10.4. The van der Waals surface area contributed by atoms with E-state index in [2.05, 4.69) is 6.92 Å². The molecule has 2 aliphatic carbocycles. The molecule has 82 valence electrons. The van der Waals surface area contributed by atoms with Crippen molar-refractivity contribution in [2.45, 2.75) is 57.5 Å². The minimum absolute atomic E-state index is 0.365. The van der Waals surface area contributed by atoms with Gasteiger partial charge in [-0.1, -0.05) is 26.2 Å². The van der Waals surface area contributed by atoms with Crippen molar-refractivity contribution in [3.8, 4) is 0 Å². The third-order valence-electron chi connectivity index (χ3n) is 4.39. The molecule has 2 heteroatoms. The summed E-state index contributed by atoms with van der Waals surface area (Å²) in [6.07, 6.45) is 8.94. The van der Waals surface area contributed by atoms with Gasteiger partial charge in [0.2, 0.25) is 0 Å². The molecule has 2 saturated carbocycles. The molecule has 2 aliphatic rings. The van der Waals surface area contributed by atoms with E-state index in [9.17, 15) is 0 Å². The van der Waals surface area contributed by atoms with Crippen LogP contribution in [0.1, 0.15) is 51.9 Å². The molecule has 0 aromatic heterocycles. The molecule has 2 nitrogen and oxygen atoms in total. The van der Waals surface area contributed by atoms with Gasteiger partial charge >= 0.3 is 0 Å². The van der Waals surface area contributed by atoms with E-state index in [4.69, 9.17) is 11.5 Å². The monoisotopic (exact) mass is 196 g/mol. The molecule has 0 saturated heterocycles. The summed E-state index contributed by atoms with van der Waals surface area (Å²) < 4.78 is 0. The van der Waals surface area contributed by atoms with Crippen molar-refractivity contribution >= 4 is 0 Å². The van der Waals surface area contributed by atoms with Gasteiger partial charge in [-0.3, -0.25) is 0 Å². The lowest BCUT2D eigenvalue weighted by atomic mass is 9.78. The fourth-order valence-electron chi connectivity index (χ4n) is 3.57. The van der Waals surface area contributed by atoms with Gasteiger partial charge in [0, 0.05) is 0 Å². The van der Waals surface area contributed by atoms with E-state index in [-0.39, 0.29) is 5.66 Å². The molecule has 4 N–H and O–H groups in total. The number of fused-ring (bicyclic) bond motifs is 2. The summed E-state index contributed by atoms with van der Waals surface area (Å²) in [6.45, 7) is 2.21. The molecular formula is C12H24N2. The minimum Gasteiger partial charge on any atom is -0.313 e. The zero-order chi connectivity index (χ0) is 10.2. The first-order chi connectivity index (χ1) is 6.63. The van der Waals surface area contributed by atoms with Crippen LogP contribution < -0.4 is 11.5 Å². The summed E-state index contributed by atoms with van der Waals surface area (Å²) >= 11 is 0. The second kappa shape index (κ2) is 3.82. The maximum Gasteiger partial charge on any atom is 0.0668 e. The van der Waals surface area contributed by atoms with Crippen LogP contribution in [0.25, 0.3) is 0 Å². The van der Waals surface area contributed by atoms with E-state index in [1.54, 1.807) is 0 Å². The van der Waals surface area contributed by atoms with E-state index in [0.717, 1.165) is 18.3 Å². The van der Waals surface area contributed by atoms with Crippen molar-refractivity contribution in [1.82, 2.24) is 0 Å². The summed E-state index contributed by atoms with van der Waals surface area (Å²) in [7, 11) is 0. The van der Waals surface area contributed by atoms with Crippen molar-refractivity contribution < 1.29 is 0 Å². The van der Waals surface area contributed by atoms with Crippen LogP contribution in [0.5, 0.6) is 0 Å². The van der Waals surface area contributed by atoms with Crippen LogP contribution in [0.4, 0.5) is 0 Å². The zero-order valence-electron chi connectivity index (χ0n) is 9.34. The Morgan fingerprint density at radius 1 is 1.21 bits per heavy atom. The van der Waals surface area contributed by atoms with E-state index >= 15 is 0 Å². The predicted octanol–water partition coefficient (Wildman–Crippen LogP) is 2.23. The quantitative estimate of drug-likeness (QED) is 0.677. The fraction of sp³-hybridized carbons (Fsp3) is 1.00. The van der Waals surface area contributed by atoms with E-state index in [1.165, 1.54) is 38.5 Å². The Kier molecular flexibility index (Phi) is 2.85. The molecule has 0 aliphatic heterocycles. The summed E-state index contributed by atoms with van der Waals surface area (Å²) in [6, 6.07) is 0. The Bertz CT molecular complexity index is 200. The first-order valence-electron chi connectivity index (χ1n) is 6.21. The van der Waals surface area contributed by atoms with E-state index < -0.39 is 0 Å². The minimum atomic E-state index is -0.365. The molecule has 0 radical (unpaired) electrons. The number of unbranched alkanes of at least 4 members (excludes halogenated alkanes) is 1. The van der Waals surface area contributed by atoms with Crippen LogP contribution in [0.3, 0.4) is 0 Å². The van der Waals surface area contributed by atoms with Crippen LogP contribution in [-0.4, -0.2) is 5.66 Å². The van der Waals surface area contributed by atoms with Crippen molar-refractivity contribution in [3.05, 3.63) is 0 Å². The topological polar surface area (TPSA) is 52.0 Å². The van der Waals surface area contributed by atoms with Gasteiger partial charge in [0.25, 0.3) is 0 Å². The second-order valence-electron chi connectivity index (χ2n) is 5.50. The zero-order valence-corrected chi connectivity index (χ0v) is 9.34. The second-order valence-corrected chi connectivity index (χ2v) is 5.50. The first-order valence-corrected chi connectivity index (χ1v) is 6.21. The highest BCUT2D eigenvalue weighted by atomic mass is 15.0. The SMILES string of the molecule is CCCCC(N)(N)C1CC2CCC1C2. The highest BCUT2D eigenvalue weighted by Crippen LogP contribution is 2.51. The molecule has 3 unspecified atom stereocenters. The van der Waals surface area contributed by atoms with Crippen LogP contribution in [0.15, 0.2) is 0 Å². The molecule has 0 spiro atoms. The summed E-state index contributed by atoms with van der Waals surface area (Å²) in [5.74, 6) is 2.43. The lowest BCUT2D eigenvalue weighted by Gasteiger charge is -2.37. The highest BCUT2D eigenvalue weighted by Gasteiger charge is 2.46. The average Bonchev–Trinajstić information content (AvgIpc) is 2.75. The molecule has 0 heterocycles. The molecular weight excluding hydrogens is 172 g/mol. The molecule has 2 fully saturated rings. The lowest BCUT2D eigenvalue weighted by Crippen LogP contribution is -2.57. The van der Waals surface area contributed by atoms with Gasteiger partial charge in [-0.25, -0.2) is 0 Å². The van der Waals surface area contributed by atoms with Gasteiger partial charge in [0.05, 0.1) is 5.66 Å². The van der Waals surface area contributed by atoms with Crippen molar-refractivity contribution in [2.75, 3.05) is 0 Å². The lowest BCUT2D eigenvalue weighted by molar-refractivity contribution is 0.177. The van der Waals surface area contributed by atoms with Gasteiger partial charge in [0.15, 0.2) is 0 Å². The van der Waals surface area contributed by atoms with Crippen molar-refractivity contribution in [1.29, 1.82) is 0 Å². The third kappa shape index (κ3) is 1.82. The normalized spacial score (nSPS) is 36.6. The predicted molar refractivity (Wildman–Crippen MR) is 59.6 cm³/mol. The maximum absolute atomic E-state index is 6.27. The summed E-state index contributed by atoms with van der Waals surface area (Å²) in [5, 5.41) is 0. The number of hydrogen-bond acceptors (Lipinski definition) is 2. The molecule has 2 bridgehead atoms. The Balaban J connectivity index is 1.93. The van der Waals surface area contributed by atoms with Gasteiger partial charge < -0.3 is 11.5 Å². The largest absolute Gasteiger partial charge is 0.313 e. The van der Waals surface area contributed by atoms with E-state index in [1.807, 2.05) is 0 Å². The van der Waals surface area contributed by atoms with Crippen molar-refractivity contribution in [3.63, 3.8) is 0 Å². The average molecular weight is 196 g/mol. The standard InChI is InChI=1S/C12H24N2/c1-2-3-6-12(13,14)11-8-9-4-5-10(11)7-9/h9-11H,2-8,13-14H2,1H3. The number of nitrogens with two attached hydrogens (primary N) is 2.